The Morgan fingerprint density at radius 1 is 1.36 bits per heavy atom. The lowest BCUT2D eigenvalue weighted by atomic mass is 9.78. The molecule has 1 fully saturated rings. The molecule has 1 aliphatic carbocycles. The van der Waals surface area contributed by atoms with Crippen LogP contribution in [0.25, 0.3) is 0 Å². The molecule has 0 heterocycles. The quantitative estimate of drug-likeness (QED) is 0.607. The zero-order chi connectivity index (χ0) is 8.10. The highest BCUT2D eigenvalue weighted by atomic mass is 14.7. The largest absolute Gasteiger partial charge is 0.327 e. The van der Waals surface area contributed by atoms with Crippen LogP contribution in [0.5, 0.6) is 0 Å². The lowest BCUT2D eigenvalue weighted by Gasteiger charge is -2.31. The van der Waals surface area contributed by atoms with Crippen LogP contribution in [0.4, 0.5) is 0 Å². The van der Waals surface area contributed by atoms with Crippen LogP contribution in [0.2, 0.25) is 0 Å². The van der Waals surface area contributed by atoms with Gasteiger partial charge in [-0.05, 0) is 25.2 Å². The van der Waals surface area contributed by atoms with Crippen molar-refractivity contribution in [2.45, 2.75) is 57.9 Å². The van der Waals surface area contributed by atoms with E-state index >= 15 is 0 Å². The first-order chi connectivity index (χ1) is 5.34. The Morgan fingerprint density at radius 2 is 2.09 bits per heavy atom. The Hall–Kier alpha value is -0.0400. The van der Waals surface area contributed by atoms with E-state index in [1.807, 2.05) is 0 Å². The van der Waals surface area contributed by atoms with Crippen molar-refractivity contribution >= 4 is 0 Å². The first-order valence-corrected chi connectivity index (χ1v) is 5.10. The fraction of sp³-hybridized carbons (Fsp3) is 1.00. The van der Waals surface area contributed by atoms with Crippen molar-refractivity contribution in [3.05, 3.63) is 0 Å². The first kappa shape index (κ1) is 9.05. The average Bonchev–Trinajstić information content (AvgIpc) is 1.84. The minimum Gasteiger partial charge on any atom is -0.327 e. The first-order valence-electron chi connectivity index (χ1n) is 5.10. The van der Waals surface area contributed by atoms with Gasteiger partial charge in [-0.15, -0.1) is 0 Å². The van der Waals surface area contributed by atoms with Crippen LogP contribution < -0.4 is 5.73 Å². The molecule has 0 aliphatic heterocycles. The fourth-order valence-corrected chi connectivity index (χ4v) is 1.73. The smallest absolute Gasteiger partial charge is 0.00671 e. The molecule has 0 radical (unpaired) electrons. The predicted octanol–water partition coefficient (Wildman–Crippen LogP) is 2.69. The van der Waals surface area contributed by atoms with E-state index in [1.165, 1.54) is 44.9 Å². The summed E-state index contributed by atoms with van der Waals surface area (Å²) in [6, 6.07) is 0.523. The van der Waals surface area contributed by atoms with E-state index in [1.54, 1.807) is 0 Å². The monoisotopic (exact) mass is 155 g/mol. The van der Waals surface area contributed by atoms with Gasteiger partial charge < -0.3 is 5.73 Å². The molecule has 66 valence electrons. The molecule has 0 aromatic carbocycles. The summed E-state index contributed by atoms with van der Waals surface area (Å²) in [7, 11) is 0. The van der Waals surface area contributed by atoms with Crippen LogP contribution in [0.1, 0.15) is 51.9 Å². The van der Waals surface area contributed by atoms with Crippen LogP contribution in [0.15, 0.2) is 0 Å². The average molecular weight is 155 g/mol. The van der Waals surface area contributed by atoms with E-state index < -0.39 is 0 Å². The van der Waals surface area contributed by atoms with Gasteiger partial charge in [0.25, 0.3) is 0 Å². The van der Waals surface area contributed by atoms with Crippen LogP contribution in [0.3, 0.4) is 0 Å². The molecule has 0 aromatic rings. The molecular formula is C10H21N. The van der Waals surface area contributed by atoms with Gasteiger partial charge in [-0.1, -0.05) is 32.6 Å². The molecule has 2 N–H and O–H groups in total. The zero-order valence-electron chi connectivity index (χ0n) is 7.68. The molecule has 1 unspecified atom stereocenters. The van der Waals surface area contributed by atoms with E-state index in [-0.39, 0.29) is 0 Å². The predicted molar refractivity (Wildman–Crippen MR) is 49.5 cm³/mol. The van der Waals surface area contributed by atoms with Crippen molar-refractivity contribution in [2.24, 2.45) is 11.7 Å². The highest BCUT2D eigenvalue weighted by molar-refractivity contribution is 4.79. The number of rotatable bonds is 5. The summed E-state index contributed by atoms with van der Waals surface area (Å²) in [5.74, 6) is 0.881. The Kier molecular flexibility index (Phi) is 3.92. The molecule has 1 nitrogen and oxygen atoms in total. The third-order valence-electron chi connectivity index (χ3n) is 2.90. The fourth-order valence-electron chi connectivity index (χ4n) is 1.73. The van der Waals surface area contributed by atoms with Gasteiger partial charge in [0.05, 0.1) is 0 Å². The summed E-state index contributed by atoms with van der Waals surface area (Å²) >= 11 is 0. The second-order valence-electron chi connectivity index (χ2n) is 3.85. The van der Waals surface area contributed by atoms with Crippen LogP contribution in [-0.2, 0) is 0 Å². The highest BCUT2D eigenvalue weighted by Crippen LogP contribution is 2.30. The van der Waals surface area contributed by atoms with Crippen LogP contribution >= 0.6 is 0 Å². The Morgan fingerprint density at radius 3 is 2.55 bits per heavy atom. The number of hydrogen-bond donors (Lipinski definition) is 1. The summed E-state index contributed by atoms with van der Waals surface area (Å²) in [6.45, 7) is 2.24. The van der Waals surface area contributed by atoms with E-state index in [4.69, 9.17) is 5.73 Å². The Bertz CT molecular complexity index is 97.0. The molecule has 11 heavy (non-hydrogen) atoms. The van der Waals surface area contributed by atoms with Crippen molar-refractivity contribution in [1.82, 2.24) is 0 Å². The minimum atomic E-state index is 0.523. The summed E-state index contributed by atoms with van der Waals surface area (Å²) in [5, 5.41) is 0. The van der Waals surface area contributed by atoms with E-state index in [2.05, 4.69) is 6.92 Å². The maximum absolute atomic E-state index is 6.02. The molecule has 0 saturated heterocycles. The van der Waals surface area contributed by atoms with E-state index in [0.29, 0.717) is 6.04 Å². The number of nitrogens with two attached hydrogens (primary N) is 1. The van der Waals surface area contributed by atoms with Crippen molar-refractivity contribution in [3.63, 3.8) is 0 Å². The van der Waals surface area contributed by atoms with E-state index in [0.717, 1.165) is 5.92 Å². The summed E-state index contributed by atoms with van der Waals surface area (Å²) in [6.07, 6.45) is 9.50. The SMILES string of the molecule is CCCCCC(N)C1CCC1. The molecule has 1 atom stereocenters. The summed E-state index contributed by atoms with van der Waals surface area (Å²) < 4.78 is 0. The molecule has 1 rings (SSSR count). The molecule has 0 amide bonds. The Labute approximate surface area is 70.4 Å². The zero-order valence-corrected chi connectivity index (χ0v) is 7.68. The third kappa shape index (κ3) is 2.82. The third-order valence-corrected chi connectivity index (χ3v) is 2.90. The maximum Gasteiger partial charge on any atom is 0.00671 e. The second-order valence-corrected chi connectivity index (χ2v) is 3.85. The highest BCUT2D eigenvalue weighted by Gasteiger charge is 2.23. The van der Waals surface area contributed by atoms with Gasteiger partial charge in [-0.2, -0.15) is 0 Å². The molecular weight excluding hydrogens is 134 g/mol. The summed E-state index contributed by atoms with van der Waals surface area (Å²) in [4.78, 5) is 0. The minimum absolute atomic E-state index is 0.523. The van der Waals surface area contributed by atoms with Gasteiger partial charge in [0, 0.05) is 6.04 Å². The van der Waals surface area contributed by atoms with Crippen molar-refractivity contribution in [2.75, 3.05) is 0 Å². The van der Waals surface area contributed by atoms with Gasteiger partial charge in [0.15, 0.2) is 0 Å². The van der Waals surface area contributed by atoms with E-state index in [9.17, 15) is 0 Å². The lowest BCUT2D eigenvalue weighted by Crippen LogP contribution is -2.34. The van der Waals surface area contributed by atoms with Gasteiger partial charge in [-0.25, -0.2) is 0 Å². The normalized spacial score (nSPS) is 21.3. The number of hydrogen-bond acceptors (Lipinski definition) is 1. The molecule has 0 bridgehead atoms. The van der Waals surface area contributed by atoms with Crippen LogP contribution in [-0.4, -0.2) is 6.04 Å². The molecule has 1 heteroatoms. The lowest BCUT2D eigenvalue weighted by molar-refractivity contribution is 0.249. The topological polar surface area (TPSA) is 26.0 Å². The van der Waals surface area contributed by atoms with Gasteiger partial charge in [0.2, 0.25) is 0 Å². The molecule has 1 aliphatic rings. The van der Waals surface area contributed by atoms with Crippen molar-refractivity contribution in [3.8, 4) is 0 Å². The number of unbranched alkanes of at least 4 members (excludes halogenated alkanes) is 2. The molecule has 0 aromatic heterocycles. The van der Waals surface area contributed by atoms with Crippen LogP contribution in [0, 0.1) is 5.92 Å². The maximum atomic E-state index is 6.02. The molecule has 1 saturated carbocycles. The standard InChI is InChI=1S/C10H21N/c1-2-3-4-8-10(11)9-6-5-7-9/h9-10H,2-8,11H2,1H3. The Balaban J connectivity index is 1.96. The van der Waals surface area contributed by atoms with Crippen molar-refractivity contribution in [1.29, 1.82) is 0 Å². The van der Waals surface area contributed by atoms with Crippen molar-refractivity contribution < 1.29 is 0 Å². The summed E-state index contributed by atoms with van der Waals surface area (Å²) in [5.41, 5.74) is 6.02. The van der Waals surface area contributed by atoms with Gasteiger partial charge >= 0.3 is 0 Å². The van der Waals surface area contributed by atoms with Gasteiger partial charge in [0.1, 0.15) is 0 Å². The second kappa shape index (κ2) is 4.76. The van der Waals surface area contributed by atoms with Gasteiger partial charge in [-0.3, -0.25) is 0 Å². The molecule has 0 spiro atoms.